The molecule has 0 saturated carbocycles. The molecule has 2 heterocycles. The Kier molecular flexibility index (Phi) is 5.50. The molecule has 1 N–H and O–H groups in total. The second-order valence-corrected chi connectivity index (χ2v) is 8.26. The highest BCUT2D eigenvalue weighted by molar-refractivity contribution is 7.92. The van der Waals surface area contributed by atoms with Gasteiger partial charge in [0.1, 0.15) is 0 Å². The van der Waals surface area contributed by atoms with E-state index in [1.165, 1.54) is 12.8 Å². The minimum absolute atomic E-state index is 0.142. The Morgan fingerprint density at radius 2 is 1.79 bits per heavy atom. The van der Waals surface area contributed by atoms with E-state index in [1.54, 1.807) is 0 Å². The molecule has 0 bridgehead atoms. The van der Waals surface area contributed by atoms with Gasteiger partial charge in [-0.15, -0.1) is 0 Å². The van der Waals surface area contributed by atoms with Gasteiger partial charge in [-0.1, -0.05) is 6.92 Å². The van der Waals surface area contributed by atoms with Gasteiger partial charge in [-0.3, -0.25) is 4.72 Å². The molecule has 0 radical (unpaired) electrons. The Morgan fingerprint density at radius 1 is 1.08 bits per heavy atom. The van der Waals surface area contributed by atoms with Crippen LogP contribution >= 0.6 is 0 Å². The highest BCUT2D eigenvalue weighted by atomic mass is 32.2. The van der Waals surface area contributed by atoms with Gasteiger partial charge in [0.2, 0.25) is 10.0 Å². The second-order valence-electron chi connectivity index (χ2n) is 6.42. The molecule has 2 fully saturated rings. The van der Waals surface area contributed by atoms with Gasteiger partial charge in [0, 0.05) is 31.9 Å². The van der Waals surface area contributed by atoms with E-state index in [-0.39, 0.29) is 5.75 Å². The number of benzene rings is 1. The number of hydrogen-bond acceptors (Lipinski definition) is 5. The number of nitrogens with one attached hydrogen (secondary N) is 1. The molecule has 0 aromatic heterocycles. The molecule has 1 aromatic carbocycles. The Hall–Kier alpha value is -1.47. The third-order valence-corrected chi connectivity index (χ3v) is 6.02. The van der Waals surface area contributed by atoms with E-state index in [1.807, 2.05) is 19.1 Å². The second kappa shape index (κ2) is 7.61. The largest absolute Gasteiger partial charge is 0.378 e. The van der Waals surface area contributed by atoms with Crippen LogP contribution in [-0.2, 0) is 14.8 Å². The highest BCUT2D eigenvalue weighted by Gasteiger charge is 2.20. The van der Waals surface area contributed by atoms with Gasteiger partial charge in [0.25, 0.3) is 0 Å². The van der Waals surface area contributed by atoms with Crippen LogP contribution < -0.4 is 14.5 Å². The van der Waals surface area contributed by atoms with Crippen LogP contribution in [0.4, 0.5) is 17.1 Å². The number of hydrogen-bond donors (Lipinski definition) is 1. The third kappa shape index (κ3) is 4.13. The molecule has 6 nitrogen and oxygen atoms in total. The first-order chi connectivity index (χ1) is 11.6. The first-order valence-corrected chi connectivity index (χ1v) is 10.5. The molecule has 0 amide bonds. The fraction of sp³-hybridized carbons (Fsp3) is 0.647. The predicted octanol–water partition coefficient (Wildman–Crippen LogP) is 2.28. The molecule has 3 rings (SSSR count). The molecule has 134 valence electrons. The van der Waals surface area contributed by atoms with Crippen molar-refractivity contribution in [3.8, 4) is 0 Å². The summed E-state index contributed by atoms with van der Waals surface area (Å²) in [7, 11) is -3.31. The van der Waals surface area contributed by atoms with Crippen molar-refractivity contribution in [2.45, 2.75) is 26.2 Å². The molecule has 0 spiro atoms. The summed E-state index contributed by atoms with van der Waals surface area (Å²) in [6.45, 7) is 6.88. The fourth-order valence-electron chi connectivity index (χ4n) is 3.35. The summed E-state index contributed by atoms with van der Waals surface area (Å²) < 4.78 is 32.8. The number of anilines is 3. The van der Waals surface area contributed by atoms with Gasteiger partial charge in [-0.2, -0.15) is 0 Å². The van der Waals surface area contributed by atoms with Gasteiger partial charge in [-0.25, -0.2) is 8.42 Å². The number of ether oxygens (including phenoxy) is 1. The average Bonchev–Trinajstić information content (AvgIpc) is 3.09. The van der Waals surface area contributed by atoms with Crippen LogP contribution in [0, 0.1) is 0 Å². The quantitative estimate of drug-likeness (QED) is 0.850. The predicted molar refractivity (Wildman–Crippen MR) is 98.6 cm³/mol. The SMILES string of the molecule is CCCS(=O)(=O)Nc1cc(N2CCCC2)ccc1N1CCOCC1. The minimum Gasteiger partial charge on any atom is -0.378 e. The Balaban J connectivity index is 1.91. The highest BCUT2D eigenvalue weighted by Crippen LogP contribution is 2.33. The maximum atomic E-state index is 12.3. The molecule has 0 atom stereocenters. The van der Waals surface area contributed by atoms with Gasteiger partial charge in [0.15, 0.2) is 0 Å². The lowest BCUT2D eigenvalue weighted by molar-refractivity contribution is 0.123. The summed E-state index contributed by atoms with van der Waals surface area (Å²) >= 11 is 0. The van der Waals surface area contributed by atoms with Gasteiger partial charge in [0.05, 0.1) is 30.3 Å². The molecule has 0 unspecified atom stereocenters. The van der Waals surface area contributed by atoms with Crippen molar-refractivity contribution in [3.63, 3.8) is 0 Å². The maximum Gasteiger partial charge on any atom is 0.232 e. The van der Waals surface area contributed by atoms with Crippen molar-refractivity contribution < 1.29 is 13.2 Å². The number of morpholine rings is 1. The van der Waals surface area contributed by atoms with Crippen molar-refractivity contribution in [2.24, 2.45) is 0 Å². The summed E-state index contributed by atoms with van der Waals surface area (Å²) in [6.07, 6.45) is 3.00. The summed E-state index contributed by atoms with van der Waals surface area (Å²) in [4.78, 5) is 4.52. The molecule has 0 aliphatic carbocycles. The first-order valence-electron chi connectivity index (χ1n) is 8.81. The van der Waals surface area contributed by atoms with Crippen molar-refractivity contribution in [1.82, 2.24) is 0 Å². The molecule has 2 aliphatic rings. The zero-order chi connectivity index (χ0) is 17.0. The van der Waals surface area contributed by atoms with E-state index < -0.39 is 10.0 Å². The van der Waals surface area contributed by atoms with Gasteiger partial charge in [-0.05, 0) is 37.5 Å². The molecule has 7 heteroatoms. The van der Waals surface area contributed by atoms with Crippen LogP contribution in [0.15, 0.2) is 18.2 Å². The summed E-state index contributed by atoms with van der Waals surface area (Å²) in [6, 6.07) is 6.14. The number of sulfonamides is 1. The van der Waals surface area contributed by atoms with E-state index in [0.717, 1.165) is 37.6 Å². The van der Waals surface area contributed by atoms with Crippen LogP contribution in [0.25, 0.3) is 0 Å². The lowest BCUT2D eigenvalue weighted by Gasteiger charge is -2.31. The van der Waals surface area contributed by atoms with Gasteiger partial charge < -0.3 is 14.5 Å². The molecular formula is C17H27N3O3S. The number of rotatable bonds is 6. The van der Waals surface area contributed by atoms with Crippen molar-refractivity contribution in [3.05, 3.63) is 18.2 Å². The summed E-state index contributed by atoms with van der Waals surface area (Å²) in [5, 5.41) is 0. The molecule has 2 saturated heterocycles. The maximum absolute atomic E-state index is 12.3. The summed E-state index contributed by atoms with van der Waals surface area (Å²) in [5.74, 6) is 0.142. The van der Waals surface area contributed by atoms with Crippen LogP contribution in [-0.4, -0.2) is 53.6 Å². The van der Waals surface area contributed by atoms with Crippen LogP contribution in [0.1, 0.15) is 26.2 Å². The number of nitrogens with zero attached hydrogens (tertiary/aromatic N) is 2. The Bertz CT molecular complexity index is 651. The topological polar surface area (TPSA) is 61.9 Å². The zero-order valence-electron chi connectivity index (χ0n) is 14.3. The Morgan fingerprint density at radius 3 is 2.46 bits per heavy atom. The Labute approximate surface area is 144 Å². The van der Waals surface area contributed by atoms with E-state index >= 15 is 0 Å². The lowest BCUT2D eigenvalue weighted by atomic mass is 10.2. The minimum atomic E-state index is -3.31. The monoisotopic (exact) mass is 353 g/mol. The van der Waals surface area contributed by atoms with Crippen LogP contribution in [0.3, 0.4) is 0 Å². The fourth-order valence-corrected chi connectivity index (χ4v) is 4.48. The van der Waals surface area contributed by atoms with E-state index in [0.29, 0.717) is 25.3 Å². The zero-order valence-corrected chi connectivity index (χ0v) is 15.1. The summed E-state index contributed by atoms with van der Waals surface area (Å²) in [5.41, 5.74) is 2.73. The van der Waals surface area contributed by atoms with Crippen molar-refractivity contribution in [2.75, 3.05) is 59.7 Å². The van der Waals surface area contributed by atoms with Crippen molar-refractivity contribution >= 4 is 27.1 Å². The smallest absolute Gasteiger partial charge is 0.232 e. The normalized spacial score (nSPS) is 18.9. The molecular weight excluding hydrogens is 326 g/mol. The van der Waals surface area contributed by atoms with Crippen molar-refractivity contribution in [1.29, 1.82) is 0 Å². The van der Waals surface area contributed by atoms with Gasteiger partial charge >= 0.3 is 0 Å². The van der Waals surface area contributed by atoms with E-state index in [4.69, 9.17) is 4.74 Å². The first kappa shape index (κ1) is 17.4. The van der Waals surface area contributed by atoms with Crippen LogP contribution in [0.5, 0.6) is 0 Å². The third-order valence-electron chi connectivity index (χ3n) is 4.54. The standard InChI is InChI=1S/C17H27N3O3S/c1-2-13-24(21,22)18-16-14-15(19-7-3-4-8-19)5-6-17(16)20-9-11-23-12-10-20/h5-6,14,18H,2-4,7-13H2,1H3. The van der Waals surface area contributed by atoms with E-state index in [9.17, 15) is 8.42 Å². The van der Waals surface area contributed by atoms with Crippen LogP contribution in [0.2, 0.25) is 0 Å². The molecule has 24 heavy (non-hydrogen) atoms. The average molecular weight is 353 g/mol. The van der Waals surface area contributed by atoms with E-state index in [2.05, 4.69) is 20.6 Å². The lowest BCUT2D eigenvalue weighted by Crippen LogP contribution is -2.37. The molecule has 1 aromatic rings. The molecule has 2 aliphatic heterocycles.